The van der Waals surface area contributed by atoms with Crippen LogP contribution in [-0.2, 0) is 0 Å². The molecule has 3 aliphatic heterocycles. The van der Waals surface area contributed by atoms with Gasteiger partial charge in [0.2, 0.25) is 5.88 Å². The lowest BCUT2D eigenvalue weighted by Gasteiger charge is -2.39. The Kier molecular flexibility index (Phi) is 3.16. The van der Waals surface area contributed by atoms with Crippen LogP contribution in [0.15, 0.2) is 60.3 Å². The maximum absolute atomic E-state index is 10.8. The van der Waals surface area contributed by atoms with Crippen LogP contribution in [0.1, 0.15) is 12.0 Å². The second kappa shape index (κ2) is 5.40. The van der Waals surface area contributed by atoms with Crippen molar-refractivity contribution in [2.24, 2.45) is 0 Å². The first kappa shape index (κ1) is 14.6. The van der Waals surface area contributed by atoms with Crippen molar-refractivity contribution in [3.63, 3.8) is 0 Å². The Bertz CT molecular complexity index is 904. The minimum absolute atomic E-state index is 0.136. The van der Waals surface area contributed by atoms with E-state index in [0.29, 0.717) is 10.8 Å². The van der Waals surface area contributed by atoms with Gasteiger partial charge in [0.25, 0.3) is 0 Å². The van der Waals surface area contributed by atoms with E-state index >= 15 is 0 Å². The Hall–Kier alpha value is -2.70. The number of hydrogen-bond acceptors (Lipinski definition) is 6. The molecule has 5 rings (SSSR count). The number of aliphatic hydroxyl groups is 1. The molecular weight excluding hydrogens is 338 g/mol. The number of hydrogen-bond donors (Lipinski definition) is 2. The van der Waals surface area contributed by atoms with Crippen molar-refractivity contribution in [3.8, 4) is 0 Å². The van der Waals surface area contributed by atoms with Gasteiger partial charge >= 0.3 is 0 Å². The minimum atomic E-state index is 0.136. The molecule has 1 aromatic heterocycles. The van der Waals surface area contributed by atoms with Crippen LogP contribution in [0.4, 0.5) is 11.4 Å². The summed E-state index contributed by atoms with van der Waals surface area (Å²) in [6.07, 6.45) is 4.86. The first-order valence-electron chi connectivity index (χ1n) is 8.20. The van der Waals surface area contributed by atoms with E-state index in [4.69, 9.17) is 11.6 Å². The molecule has 126 valence electrons. The molecule has 2 aromatic rings. The van der Waals surface area contributed by atoms with Crippen LogP contribution >= 0.6 is 11.6 Å². The average molecular weight is 354 g/mol. The number of pyridine rings is 1. The van der Waals surface area contributed by atoms with Crippen LogP contribution in [0, 0.1) is 0 Å². The SMILES string of the molecule is OC1=C2C=C(N3CCC3)c3ccccc3N2NN1c1ccc(Cl)nc1. The van der Waals surface area contributed by atoms with Gasteiger partial charge in [0.1, 0.15) is 10.9 Å². The Morgan fingerprint density at radius 2 is 1.92 bits per heavy atom. The lowest BCUT2D eigenvalue weighted by Crippen LogP contribution is -2.44. The summed E-state index contributed by atoms with van der Waals surface area (Å²) in [5.41, 5.74) is 7.97. The molecule has 0 aliphatic carbocycles. The number of likely N-dealkylation sites (tertiary alicyclic amines) is 1. The second-order valence-electron chi connectivity index (χ2n) is 6.21. The lowest BCUT2D eigenvalue weighted by atomic mass is 10.0. The summed E-state index contributed by atoms with van der Waals surface area (Å²) < 4.78 is 0. The number of halogens is 1. The summed E-state index contributed by atoms with van der Waals surface area (Å²) in [7, 11) is 0. The zero-order valence-electron chi connectivity index (χ0n) is 13.4. The molecule has 0 saturated carbocycles. The first-order valence-corrected chi connectivity index (χ1v) is 8.57. The Labute approximate surface area is 150 Å². The fourth-order valence-corrected chi connectivity index (χ4v) is 3.43. The summed E-state index contributed by atoms with van der Waals surface area (Å²) in [6.45, 7) is 2.10. The average Bonchev–Trinajstić information content (AvgIpc) is 2.92. The number of nitrogens with zero attached hydrogens (tertiary/aromatic N) is 4. The fraction of sp³-hybridized carbons (Fsp3) is 0.167. The number of nitrogens with one attached hydrogen (secondary N) is 1. The number of aliphatic hydroxyl groups excluding tert-OH is 1. The number of allylic oxidation sites excluding steroid dienone is 1. The third-order valence-electron chi connectivity index (χ3n) is 4.74. The van der Waals surface area contributed by atoms with Gasteiger partial charge < -0.3 is 10.0 Å². The highest BCUT2D eigenvalue weighted by Gasteiger charge is 2.36. The van der Waals surface area contributed by atoms with Crippen molar-refractivity contribution in [1.29, 1.82) is 0 Å². The molecule has 1 fully saturated rings. The normalized spacial score (nSPS) is 18.8. The van der Waals surface area contributed by atoms with E-state index < -0.39 is 0 Å². The molecule has 3 aliphatic rings. The van der Waals surface area contributed by atoms with Gasteiger partial charge in [-0.1, -0.05) is 29.8 Å². The highest BCUT2D eigenvalue weighted by atomic mass is 35.5. The lowest BCUT2D eigenvalue weighted by molar-refractivity contribution is 0.281. The smallest absolute Gasteiger partial charge is 0.234 e. The predicted molar refractivity (Wildman–Crippen MR) is 97.6 cm³/mol. The van der Waals surface area contributed by atoms with Crippen molar-refractivity contribution >= 4 is 28.7 Å². The molecule has 0 amide bonds. The van der Waals surface area contributed by atoms with E-state index in [2.05, 4.69) is 21.5 Å². The summed E-state index contributed by atoms with van der Waals surface area (Å²) in [4.78, 5) is 6.43. The van der Waals surface area contributed by atoms with E-state index in [0.717, 1.165) is 35.7 Å². The molecule has 0 spiro atoms. The van der Waals surface area contributed by atoms with Gasteiger partial charge in [-0.15, -0.1) is 5.53 Å². The molecule has 0 atom stereocenters. The predicted octanol–water partition coefficient (Wildman–Crippen LogP) is 3.27. The molecule has 1 saturated heterocycles. The first-order chi connectivity index (χ1) is 12.2. The second-order valence-corrected chi connectivity index (χ2v) is 6.59. The van der Waals surface area contributed by atoms with Crippen LogP contribution in [0.25, 0.3) is 5.70 Å². The number of rotatable bonds is 2. The van der Waals surface area contributed by atoms with E-state index in [1.54, 1.807) is 17.3 Å². The molecule has 1 aromatic carbocycles. The van der Waals surface area contributed by atoms with Crippen LogP contribution in [0.2, 0.25) is 5.15 Å². The van der Waals surface area contributed by atoms with Crippen LogP contribution in [0.3, 0.4) is 0 Å². The van der Waals surface area contributed by atoms with Crippen molar-refractivity contribution < 1.29 is 5.11 Å². The van der Waals surface area contributed by atoms with Gasteiger partial charge in [-0.2, -0.15) is 0 Å². The van der Waals surface area contributed by atoms with Crippen LogP contribution < -0.4 is 15.6 Å². The molecule has 6 nitrogen and oxygen atoms in total. The third-order valence-corrected chi connectivity index (χ3v) is 4.97. The van der Waals surface area contributed by atoms with Gasteiger partial charge in [0.15, 0.2) is 0 Å². The molecule has 0 bridgehead atoms. The highest BCUT2D eigenvalue weighted by Crippen LogP contribution is 2.41. The molecule has 25 heavy (non-hydrogen) atoms. The van der Waals surface area contributed by atoms with E-state index in [1.807, 2.05) is 35.4 Å². The van der Waals surface area contributed by atoms with Crippen molar-refractivity contribution in [2.45, 2.75) is 6.42 Å². The summed E-state index contributed by atoms with van der Waals surface area (Å²) >= 11 is 5.87. The van der Waals surface area contributed by atoms with Crippen LogP contribution in [0.5, 0.6) is 0 Å². The Morgan fingerprint density at radius 3 is 2.64 bits per heavy atom. The third kappa shape index (κ3) is 2.18. The monoisotopic (exact) mass is 353 g/mol. The molecule has 0 radical (unpaired) electrons. The summed E-state index contributed by atoms with van der Waals surface area (Å²) in [5.74, 6) is 0.136. The maximum atomic E-state index is 10.8. The number of fused-ring (bicyclic) bond motifs is 3. The van der Waals surface area contributed by atoms with E-state index in [9.17, 15) is 5.11 Å². The molecular formula is C18H16ClN5O. The zero-order chi connectivity index (χ0) is 17.0. The highest BCUT2D eigenvalue weighted by molar-refractivity contribution is 6.29. The number of benzene rings is 1. The largest absolute Gasteiger partial charge is 0.492 e. The molecule has 2 N–H and O–H groups in total. The van der Waals surface area contributed by atoms with Crippen LogP contribution in [-0.4, -0.2) is 28.1 Å². The molecule has 0 unspecified atom stereocenters. The van der Waals surface area contributed by atoms with Gasteiger partial charge in [-0.25, -0.2) is 9.99 Å². The van der Waals surface area contributed by atoms with Crippen molar-refractivity contribution in [3.05, 3.63) is 71.0 Å². The number of anilines is 2. The number of hydrazine groups is 2. The number of aromatic nitrogens is 1. The quantitative estimate of drug-likeness (QED) is 0.808. The van der Waals surface area contributed by atoms with Crippen molar-refractivity contribution in [2.75, 3.05) is 23.1 Å². The maximum Gasteiger partial charge on any atom is 0.234 e. The summed E-state index contributed by atoms with van der Waals surface area (Å²) in [5, 5.41) is 14.7. The fourth-order valence-electron chi connectivity index (χ4n) is 3.32. The number of para-hydroxylation sites is 1. The molecule has 4 heterocycles. The Balaban J connectivity index is 1.61. The van der Waals surface area contributed by atoms with E-state index in [-0.39, 0.29) is 5.88 Å². The topological polar surface area (TPSA) is 54.9 Å². The van der Waals surface area contributed by atoms with Crippen molar-refractivity contribution in [1.82, 2.24) is 15.4 Å². The minimum Gasteiger partial charge on any atom is -0.492 e. The Morgan fingerprint density at radius 1 is 1.08 bits per heavy atom. The summed E-state index contributed by atoms with van der Waals surface area (Å²) in [6, 6.07) is 11.7. The zero-order valence-corrected chi connectivity index (χ0v) is 14.1. The standard InChI is InChI=1S/C18H16ClN5O/c19-17-7-6-12(11-20-17)23-18(25)16-10-15(22-8-3-9-22)13-4-1-2-5-14(13)24(16)21-23/h1-2,4-7,10-11,21,25H,3,8-9H2. The van der Waals surface area contributed by atoms with Gasteiger partial charge in [-0.05, 0) is 30.7 Å². The van der Waals surface area contributed by atoms with E-state index in [1.165, 1.54) is 6.42 Å². The molecule has 7 heteroatoms. The van der Waals surface area contributed by atoms with Gasteiger partial charge in [0.05, 0.1) is 17.6 Å². The van der Waals surface area contributed by atoms with Gasteiger partial charge in [-0.3, -0.25) is 5.01 Å². The van der Waals surface area contributed by atoms with Gasteiger partial charge in [0, 0.05) is 24.4 Å².